The summed E-state index contributed by atoms with van der Waals surface area (Å²) in [7, 11) is -3.75. The van der Waals surface area contributed by atoms with Crippen molar-refractivity contribution in [2.24, 2.45) is 10.7 Å². The van der Waals surface area contributed by atoms with Crippen LogP contribution in [-0.2, 0) is 16.6 Å². The van der Waals surface area contributed by atoms with Gasteiger partial charge in [0.2, 0.25) is 0 Å². The zero-order valence-electron chi connectivity index (χ0n) is 17.2. The molecule has 4 aromatic rings. The summed E-state index contributed by atoms with van der Waals surface area (Å²) in [5, 5.41) is 5.30. The van der Waals surface area contributed by atoms with Crippen LogP contribution in [0.3, 0.4) is 0 Å². The third kappa shape index (κ3) is 5.01. The van der Waals surface area contributed by atoms with Gasteiger partial charge in [0.15, 0.2) is 11.1 Å². The quantitative estimate of drug-likeness (QED) is 0.308. The predicted octanol–water partition coefficient (Wildman–Crippen LogP) is 4.51. The van der Waals surface area contributed by atoms with E-state index < -0.39 is 10.0 Å². The molecule has 0 atom stereocenters. The van der Waals surface area contributed by atoms with Crippen molar-refractivity contribution in [1.82, 2.24) is 8.96 Å². The summed E-state index contributed by atoms with van der Waals surface area (Å²) in [6, 6.07) is 21.6. The van der Waals surface area contributed by atoms with E-state index >= 15 is 0 Å². The first kappa shape index (κ1) is 23.5. The van der Waals surface area contributed by atoms with E-state index in [0.717, 1.165) is 5.56 Å². The number of thiazole rings is 1. The molecule has 7 nitrogen and oxygen atoms in total. The van der Waals surface area contributed by atoms with Gasteiger partial charge in [0.1, 0.15) is 5.69 Å². The van der Waals surface area contributed by atoms with Gasteiger partial charge in [-0.05, 0) is 36.8 Å². The van der Waals surface area contributed by atoms with Gasteiger partial charge in [-0.2, -0.15) is 0 Å². The second-order valence-electron chi connectivity index (χ2n) is 6.79. The van der Waals surface area contributed by atoms with Gasteiger partial charge < -0.3 is 11.1 Å². The number of aryl methyl sites for hydroxylation is 1. The van der Waals surface area contributed by atoms with Gasteiger partial charge in [0, 0.05) is 11.1 Å². The molecule has 0 bridgehead atoms. The van der Waals surface area contributed by atoms with Crippen LogP contribution in [0, 0.1) is 6.92 Å². The van der Waals surface area contributed by atoms with Gasteiger partial charge in [0.25, 0.3) is 10.0 Å². The van der Waals surface area contributed by atoms with E-state index in [2.05, 4.69) is 15.3 Å². The smallest absolute Gasteiger partial charge is 0.268 e. The molecule has 0 aliphatic heterocycles. The van der Waals surface area contributed by atoms with E-state index in [1.165, 1.54) is 15.3 Å². The molecule has 0 amide bonds. The highest BCUT2D eigenvalue weighted by atomic mass is 35.5. The van der Waals surface area contributed by atoms with Crippen molar-refractivity contribution in [3.8, 4) is 11.4 Å². The Labute approximate surface area is 197 Å². The van der Waals surface area contributed by atoms with E-state index in [4.69, 9.17) is 5.73 Å². The van der Waals surface area contributed by atoms with Crippen LogP contribution in [0.15, 0.2) is 88.1 Å². The van der Waals surface area contributed by atoms with Crippen molar-refractivity contribution in [2.45, 2.75) is 18.4 Å². The van der Waals surface area contributed by atoms with Crippen LogP contribution in [0.4, 0.5) is 5.13 Å². The van der Waals surface area contributed by atoms with Crippen LogP contribution in [0.1, 0.15) is 11.3 Å². The van der Waals surface area contributed by atoms with Gasteiger partial charge >= 0.3 is 0 Å². The standard InChI is InChI=1S/C22H21N5O2S2.ClH/c1-16-12-13-20(27(16)31(28,29)18-10-6-3-7-11-18)19-15-30-22(25-19)26-21(23)24-14-17-8-4-2-5-9-17;/h2-13,15H,14H2,1H3,(H3,23,24,25,26);1H. The Balaban J connectivity index is 0.00000289. The highest BCUT2D eigenvalue weighted by Crippen LogP contribution is 2.30. The summed E-state index contributed by atoms with van der Waals surface area (Å²) in [4.78, 5) is 9.06. The maximum Gasteiger partial charge on any atom is 0.268 e. The minimum Gasteiger partial charge on any atom is -0.370 e. The molecule has 2 heterocycles. The number of aliphatic imine (C=N–C) groups is 1. The summed E-state index contributed by atoms with van der Waals surface area (Å²) in [5.41, 5.74) is 8.66. The molecule has 10 heteroatoms. The lowest BCUT2D eigenvalue weighted by Gasteiger charge is -2.11. The van der Waals surface area contributed by atoms with E-state index in [0.29, 0.717) is 28.8 Å². The molecule has 0 radical (unpaired) electrons. The Bertz CT molecular complexity index is 1320. The normalized spacial score (nSPS) is 11.7. The van der Waals surface area contributed by atoms with Gasteiger partial charge in [-0.3, -0.25) is 0 Å². The van der Waals surface area contributed by atoms with Crippen molar-refractivity contribution in [3.63, 3.8) is 0 Å². The number of nitrogens with one attached hydrogen (secondary N) is 1. The number of guanidine groups is 1. The number of nitrogens with two attached hydrogens (primary N) is 1. The van der Waals surface area contributed by atoms with Gasteiger partial charge in [-0.15, -0.1) is 23.7 Å². The molecule has 2 aromatic carbocycles. The van der Waals surface area contributed by atoms with Gasteiger partial charge in [-0.1, -0.05) is 48.5 Å². The van der Waals surface area contributed by atoms with Crippen molar-refractivity contribution in [3.05, 3.63) is 89.4 Å². The number of rotatable bonds is 6. The molecule has 0 aliphatic rings. The number of benzene rings is 2. The first-order valence-electron chi connectivity index (χ1n) is 9.51. The molecule has 32 heavy (non-hydrogen) atoms. The average Bonchev–Trinajstić information content (AvgIpc) is 3.40. The molecule has 0 fully saturated rings. The SMILES string of the molecule is Cc1ccc(-c2csc(NC(N)=NCc3ccccc3)n2)n1S(=O)(=O)c1ccccc1.Cl. The van der Waals surface area contributed by atoms with E-state index in [-0.39, 0.29) is 23.3 Å². The summed E-state index contributed by atoms with van der Waals surface area (Å²) in [6.07, 6.45) is 0. The number of halogens is 1. The van der Waals surface area contributed by atoms with Crippen molar-refractivity contribution >= 4 is 44.9 Å². The van der Waals surface area contributed by atoms with E-state index in [1.54, 1.807) is 54.8 Å². The van der Waals surface area contributed by atoms with Crippen LogP contribution in [0.5, 0.6) is 0 Å². The highest BCUT2D eigenvalue weighted by Gasteiger charge is 2.23. The van der Waals surface area contributed by atoms with E-state index in [1.807, 2.05) is 30.3 Å². The topological polar surface area (TPSA) is 102 Å². The minimum atomic E-state index is -3.75. The van der Waals surface area contributed by atoms with Crippen LogP contribution < -0.4 is 11.1 Å². The largest absolute Gasteiger partial charge is 0.370 e. The lowest BCUT2D eigenvalue weighted by molar-refractivity contribution is 0.587. The molecule has 3 N–H and O–H groups in total. The Kier molecular flexibility index (Phi) is 7.34. The Morgan fingerprint density at radius 1 is 1.06 bits per heavy atom. The van der Waals surface area contributed by atoms with Crippen molar-refractivity contribution in [1.29, 1.82) is 0 Å². The first-order valence-corrected chi connectivity index (χ1v) is 11.8. The lowest BCUT2D eigenvalue weighted by Crippen LogP contribution is -2.22. The average molecular weight is 488 g/mol. The monoisotopic (exact) mass is 487 g/mol. The van der Waals surface area contributed by atoms with Crippen molar-refractivity contribution < 1.29 is 8.42 Å². The maximum atomic E-state index is 13.2. The Morgan fingerprint density at radius 2 is 1.72 bits per heavy atom. The fourth-order valence-corrected chi connectivity index (χ4v) is 5.37. The van der Waals surface area contributed by atoms with Crippen LogP contribution in [0.2, 0.25) is 0 Å². The predicted molar refractivity (Wildman–Crippen MR) is 132 cm³/mol. The molecule has 0 saturated heterocycles. The first-order chi connectivity index (χ1) is 14.9. The Morgan fingerprint density at radius 3 is 2.41 bits per heavy atom. The number of hydrogen-bond donors (Lipinski definition) is 2. The summed E-state index contributed by atoms with van der Waals surface area (Å²) >= 11 is 1.33. The molecule has 0 unspecified atom stereocenters. The number of hydrogen-bond acceptors (Lipinski definition) is 5. The number of nitrogens with zero attached hydrogens (tertiary/aromatic N) is 3. The van der Waals surface area contributed by atoms with Crippen LogP contribution in [-0.4, -0.2) is 23.3 Å². The van der Waals surface area contributed by atoms with Crippen LogP contribution >= 0.6 is 23.7 Å². The zero-order chi connectivity index (χ0) is 21.8. The number of anilines is 1. The molecule has 166 valence electrons. The fourth-order valence-electron chi connectivity index (χ4n) is 3.09. The van der Waals surface area contributed by atoms with E-state index in [9.17, 15) is 8.42 Å². The highest BCUT2D eigenvalue weighted by molar-refractivity contribution is 7.90. The zero-order valence-corrected chi connectivity index (χ0v) is 19.6. The molecule has 0 aliphatic carbocycles. The Hall–Kier alpha value is -3.14. The molecular weight excluding hydrogens is 466 g/mol. The molecule has 0 spiro atoms. The summed E-state index contributed by atoms with van der Waals surface area (Å²) in [5.74, 6) is 0.244. The van der Waals surface area contributed by atoms with Gasteiger partial charge in [-0.25, -0.2) is 22.4 Å². The number of aromatic nitrogens is 2. The molecule has 0 saturated carbocycles. The molecule has 4 rings (SSSR count). The fraction of sp³-hybridized carbons (Fsp3) is 0.0909. The van der Waals surface area contributed by atoms with Gasteiger partial charge in [0.05, 0.1) is 17.1 Å². The second-order valence-corrected chi connectivity index (χ2v) is 9.44. The second kappa shape index (κ2) is 9.99. The minimum absolute atomic E-state index is 0. The third-order valence-corrected chi connectivity index (χ3v) is 7.17. The maximum absolute atomic E-state index is 13.2. The summed E-state index contributed by atoms with van der Waals surface area (Å²) < 4.78 is 27.7. The third-order valence-electron chi connectivity index (χ3n) is 4.58. The molecule has 2 aromatic heterocycles. The van der Waals surface area contributed by atoms with Crippen molar-refractivity contribution in [2.75, 3.05) is 5.32 Å². The summed E-state index contributed by atoms with van der Waals surface area (Å²) in [6.45, 7) is 2.21. The van der Waals surface area contributed by atoms with Crippen LogP contribution in [0.25, 0.3) is 11.4 Å². The lowest BCUT2D eigenvalue weighted by atomic mass is 10.2. The molecular formula is C22H22ClN5O2S2.